The molecular formula is C18H23NOS. The van der Waals surface area contributed by atoms with Gasteiger partial charge in [0.2, 0.25) is 0 Å². The Kier molecular flexibility index (Phi) is 3.97. The third-order valence-corrected chi connectivity index (χ3v) is 6.14. The van der Waals surface area contributed by atoms with Gasteiger partial charge in [0, 0.05) is 29.7 Å². The predicted octanol–water partition coefficient (Wildman–Crippen LogP) is 4.26. The Hall–Kier alpha value is -0.900. The smallest absolute Gasteiger partial charge is 0.0594 e. The summed E-state index contributed by atoms with van der Waals surface area (Å²) in [7, 11) is 0. The molecule has 0 spiro atoms. The summed E-state index contributed by atoms with van der Waals surface area (Å²) in [6.07, 6.45) is 5.48. The van der Waals surface area contributed by atoms with Gasteiger partial charge >= 0.3 is 0 Å². The van der Waals surface area contributed by atoms with Crippen LogP contribution in [0.5, 0.6) is 0 Å². The number of ether oxygens (including phenoxy) is 1. The lowest BCUT2D eigenvalue weighted by molar-refractivity contribution is 0.00303. The Morgan fingerprint density at radius 1 is 1.05 bits per heavy atom. The van der Waals surface area contributed by atoms with E-state index in [1.807, 2.05) is 11.3 Å². The van der Waals surface area contributed by atoms with Crippen molar-refractivity contribution >= 4 is 21.4 Å². The van der Waals surface area contributed by atoms with Crippen molar-refractivity contribution in [3.63, 3.8) is 0 Å². The maximum atomic E-state index is 5.55. The van der Waals surface area contributed by atoms with Crippen LogP contribution in [0.3, 0.4) is 0 Å². The predicted molar refractivity (Wildman–Crippen MR) is 89.2 cm³/mol. The van der Waals surface area contributed by atoms with Gasteiger partial charge in [0.25, 0.3) is 0 Å². The minimum Gasteiger partial charge on any atom is -0.379 e. The molecular weight excluding hydrogens is 278 g/mol. The molecule has 2 nitrogen and oxygen atoms in total. The van der Waals surface area contributed by atoms with Crippen LogP contribution in [0.4, 0.5) is 0 Å². The Balaban J connectivity index is 1.67. The van der Waals surface area contributed by atoms with Crippen molar-refractivity contribution in [2.24, 2.45) is 0 Å². The molecule has 0 bridgehead atoms. The van der Waals surface area contributed by atoms with Crippen LogP contribution in [0.15, 0.2) is 29.6 Å². The second-order valence-electron chi connectivity index (χ2n) is 6.29. The standard InChI is InChI=1S/C18H23NOS/c1-3-7-17(19-9-11-20-12-10-19)14(5-1)16-13-21-18-8-4-2-6-15(16)18/h2,4,6,8,13-14,17H,1,3,5,7,9-12H2/t14-,17-/m1/s1. The molecule has 2 atom stereocenters. The van der Waals surface area contributed by atoms with Crippen LogP contribution < -0.4 is 0 Å². The maximum Gasteiger partial charge on any atom is 0.0594 e. The molecule has 21 heavy (non-hydrogen) atoms. The fraction of sp³-hybridized carbons (Fsp3) is 0.556. The van der Waals surface area contributed by atoms with Gasteiger partial charge in [0.1, 0.15) is 0 Å². The number of hydrogen-bond acceptors (Lipinski definition) is 3. The minimum absolute atomic E-state index is 0.716. The van der Waals surface area contributed by atoms with E-state index in [1.165, 1.54) is 35.8 Å². The zero-order chi connectivity index (χ0) is 14.1. The van der Waals surface area contributed by atoms with Gasteiger partial charge in [-0.15, -0.1) is 11.3 Å². The highest BCUT2D eigenvalue weighted by Crippen LogP contribution is 2.41. The first-order chi connectivity index (χ1) is 10.4. The number of thiophene rings is 1. The summed E-state index contributed by atoms with van der Waals surface area (Å²) in [6.45, 7) is 4.05. The molecule has 4 rings (SSSR count). The SMILES string of the molecule is c1ccc2c([C@H]3CCCC[C@H]3N3CCOCC3)csc2c1. The van der Waals surface area contributed by atoms with E-state index in [0.717, 1.165) is 32.3 Å². The number of nitrogens with zero attached hydrogens (tertiary/aromatic N) is 1. The van der Waals surface area contributed by atoms with Crippen molar-refractivity contribution in [3.05, 3.63) is 35.2 Å². The molecule has 1 saturated heterocycles. The fourth-order valence-corrected chi connectivity index (χ4v) is 5.13. The summed E-state index contributed by atoms with van der Waals surface area (Å²) in [6, 6.07) is 9.64. The van der Waals surface area contributed by atoms with Crippen LogP contribution in [0.25, 0.3) is 10.1 Å². The second-order valence-corrected chi connectivity index (χ2v) is 7.21. The number of morpholine rings is 1. The highest BCUT2D eigenvalue weighted by Gasteiger charge is 2.33. The highest BCUT2D eigenvalue weighted by molar-refractivity contribution is 7.17. The zero-order valence-electron chi connectivity index (χ0n) is 12.5. The largest absolute Gasteiger partial charge is 0.379 e. The first-order valence-corrected chi connectivity index (χ1v) is 9.09. The monoisotopic (exact) mass is 301 g/mol. The van der Waals surface area contributed by atoms with E-state index in [9.17, 15) is 0 Å². The highest BCUT2D eigenvalue weighted by atomic mass is 32.1. The van der Waals surface area contributed by atoms with Gasteiger partial charge in [-0.2, -0.15) is 0 Å². The van der Waals surface area contributed by atoms with Gasteiger partial charge < -0.3 is 4.74 Å². The van der Waals surface area contributed by atoms with Gasteiger partial charge in [-0.25, -0.2) is 0 Å². The molecule has 0 radical (unpaired) electrons. The zero-order valence-corrected chi connectivity index (χ0v) is 13.3. The molecule has 0 amide bonds. The van der Waals surface area contributed by atoms with Crippen molar-refractivity contribution in [2.75, 3.05) is 26.3 Å². The summed E-state index contributed by atoms with van der Waals surface area (Å²) in [5.74, 6) is 0.716. The molecule has 112 valence electrons. The third-order valence-electron chi connectivity index (χ3n) is 5.15. The molecule has 0 unspecified atom stereocenters. The molecule has 3 heteroatoms. The number of benzene rings is 1. The van der Waals surface area contributed by atoms with Crippen LogP contribution >= 0.6 is 11.3 Å². The van der Waals surface area contributed by atoms with E-state index in [4.69, 9.17) is 4.74 Å². The van der Waals surface area contributed by atoms with Crippen LogP contribution in [-0.4, -0.2) is 37.2 Å². The molecule has 1 aromatic carbocycles. The number of hydrogen-bond donors (Lipinski definition) is 0. The van der Waals surface area contributed by atoms with E-state index in [0.29, 0.717) is 5.92 Å². The second kappa shape index (κ2) is 6.07. The van der Waals surface area contributed by atoms with Crippen LogP contribution in [0.1, 0.15) is 37.2 Å². The maximum absolute atomic E-state index is 5.55. The Labute approximate surface area is 130 Å². The number of fused-ring (bicyclic) bond motifs is 1. The summed E-state index contributed by atoms with van der Waals surface area (Å²) < 4.78 is 6.99. The average Bonchev–Trinajstić information content (AvgIpc) is 3.00. The summed E-state index contributed by atoms with van der Waals surface area (Å²) in [5.41, 5.74) is 1.60. The van der Waals surface area contributed by atoms with Gasteiger partial charge in [0.05, 0.1) is 13.2 Å². The van der Waals surface area contributed by atoms with Crippen molar-refractivity contribution in [2.45, 2.75) is 37.6 Å². The lowest BCUT2D eigenvalue weighted by Crippen LogP contribution is -2.47. The molecule has 1 aliphatic carbocycles. The van der Waals surface area contributed by atoms with Crippen molar-refractivity contribution in [3.8, 4) is 0 Å². The van der Waals surface area contributed by atoms with Crippen LogP contribution in [0.2, 0.25) is 0 Å². The van der Waals surface area contributed by atoms with E-state index in [2.05, 4.69) is 34.5 Å². The summed E-state index contributed by atoms with van der Waals surface area (Å²) in [4.78, 5) is 2.69. The number of rotatable bonds is 2. The van der Waals surface area contributed by atoms with Gasteiger partial charge in [-0.3, -0.25) is 4.90 Å². The van der Waals surface area contributed by atoms with E-state index >= 15 is 0 Å². The first-order valence-electron chi connectivity index (χ1n) is 8.21. The third kappa shape index (κ3) is 2.63. The Morgan fingerprint density at radius 2 is 1.86 bits per heavy atom. The van der Waals surface area contributed by atoms with E-state index in [1.54, 1.807) is 5.56 Å². The molecule has 1 aliphatic heterocycles. The average molecular weight is 301 g/mol. The fourth-order valence-electron chi connectivity index (χ4n) is 4.11. The van der Waals surface area contributed by atoms with Crippen molar-refractivity contribution < 1.29 is 4.74 Å². The van der Waals surface area contributed by atoms with E-state index in [-0.39, 0.29) is 0 Å². The first kappa shape index (κ1) is 13.7. The Morgan fingerprint density at radius 3 is 2.76 bits per heavy atom. The van der Waals surface area contributed by atoms with Crippen LogP contribution in [-0.2, 0) is 4.74 Å². The van der Waals surface area contributed by atoms with Crippen molar-refractivity contribution in [1.29, 1.82) is 0 Å². The summed E-state index contributed by atoms with van der Waals surface area (Å²) in [5, 5.41) is 3.92. The van der Waals surface area contributed by atoms with Crippen LogP contribution in [0, 0.1) is 0 Å². The topological polar surface area (TPSA) is 12.5 Å². The van der Waals surface area contributed by atoms with E-state index < -0.39 is 0 Å². The minimum atomic E-state index is 0.716. The lowest BCUT2D eigenvalue weighted by Gasteiger charge is -2.41. The normalized spacial score (nSPS) is 28.0. The van der Waals surface area contributed by atoms with Gasteiger partial charge in [0.15, 0.2) is 0 Å². The van der Waals surface area contributed by atoms with Gasteiger partial charge in [-0.05, 0) is 35.2 Å². The molecule has 2 aliphatic rings. The van der Waals surface area contributed by atoms with Gasteiger partial charge in [-0.1, -0.05) is 31.0 Å². The quantitative estimate of drug-likeness (QED) is 0.822. The molecule has 2 fully saturated rings. The molecule has 1 aromatic heterocycles. The summed E-state index contributed by atoms with van der Waals surface area (Å²) >= 11 is 1.91. The molecule has 2 aromatic rings. The molecule has 1 saturated carbocycles. The lowest BCUT2D eigenvalue weighted by atomic mass is 9.79. The molecule has 0 N–H and O–H groups in total. The molecule has 2 heterocycles. The van der Waals surface area contributed by atoms with Crippen molar-refractivity contribution in [1.82, 2.24) is 4.90 Å². The Bertz CT molecular complexity index is 602.